The zero-order valence-corrected chi connectivity index (χ0v) is 16.9. The monoisotopic (exact) mass is 410 g/mol. The Bertz CT molecular complexity index is 1000. The number of amides is 1. The summed E-state index contributed by atoms with van der Waals surface area (Å²) in [5.74, 6) is -0.529. The molecule has 8 nitrogen and oxygen atoms in total. The van der Waals surface area contributed by atoms with Crippen LogP contribution in [0, 0.1) is 0 Å². The lowest BCUT2D eigenvalue weighted by atomic mass is 9.98. The number of pyridine rings is 1. The molecule has 2 N–H and O–H groups in total. The number of Topliss-reactive ketones (excluding diaryl/α,β-unsaturated/α-hetero) is 1. The van der Waals surface area contributed by atoms with Crippen molar-refractivity contribution in [3.63, 3.8) is 0 Å². The number of nitrogens with zero attached hydrogens (tertiary/aromatic N) is 2. The van der Waals surface area contributed by atoms with Crippen molar-refractivity contribution in [2.24, 2.45) is 0 Å². The number of fused-ring (bicyclic) bond motifs is 1. The van der Waals surface area contributed by atoms with Crippen molar-refractivity contribution in [2.75, 3.05) is 34.0 Å². The molecular formula is C22H24N3O5+. The lowest BCUT2D eigenvalue weighted by Crippen LogP contribution is -3.05. The van der Waals surface area contributed by atoms with Crippen molar-refractivity contribution >= 4 is 17.4 Å². The smallest absolute Gasteiger partial charge is 0.295 e. The molecule has 156 valence electrons. The van der Waals surface area contributed by atoms with Crippen LogP contribution in [0.2, 0.25) is 0 Å². The van der Waals surface area contributed by atoms with Gasteiger partial charge in [0.15, 0.2) is 11.5 Å². The van der Waals surface area contributed by atoms with Gasteiger partial charge >= 0.3 is 0 Å². The van der Waals surface area contributed by atoms with Gasteiger partial charge < -0.3 is 24.4 Å². The molecule has 0 aliphatic carbocycles. The number of aliphatic hydroxyl groups excluding tert-OH is 1. The highest BCUT2D eigenvalue weighted by Crippen LogP contribution is 2.40. The minimum absolute atomic E-state index is 0.0368. The lowest BCUT2D eigenvalue weighted by Gasteiger charge is -2.24. The van der Waals surface area contributed by atoms with Gasteiger partial charge in [-0.3, -0.25) is 14.6 Å². The normalized spacial score (nSPS) is 19.7. The Morgan fingerprint density at radius 3 is 2.73 bits per heavy atom. The van der Waals surface area contributed by atoms with Crippen LogP contribution in [0.1, 0.15) is 23.7 Å². The Morgan fingerprint density at radius 2 is 2.00 bits per heavy atom. The predicted octanol–water partition coefficient (Wildman–Crippen LogP) is 0.767. The fourth-order valence-electron chi connectivity index (χ4n) is 3.76. The summed E-state index contributed by atoms with van der Waals surface area (Å²) < 4.78 is 10.7. The largest absolute Gasteiger partial charge is 0.507 e. The standard InChI is InChI=1S/C22H23N3O5/c1-24(2)10-5-11-25-19(15-6-3-4-9-23-15)18(21(27)22(25)28)20(26)14-7-8-16-17(12-14)30-13-29-16/h3-4,6-9,12,19,26H,5,10-11,13H2,1-2H3/p+1. The Morgan fingerprint density at radius 1 is 1.20 bits per heavy atom. The van der Waals surface area contributed by atoms with Gasteiger partial charge in [0, 0.05) is 24.7 Å². The molecule has 1 aromatic carbocycles. The number of ether oxygens (including phenoxy) is 2. The summed E-state index contributed by atoms with van der Waals surface area (Å²) in [7, 11) is 4.06. The molecule has 0 bridgehead atoms. The van der Waals surface area contributed by atoms with Gasteiger partial charge in [0.1, 0.15) is 11.8 Å². The van der Waals surface area contributed by atoms with Gasteiger partial charge in [-0.1, -0.05) is 6.07 Å². The van der Waals surface area contributed by atoms with Crippen LogP contribution in [0.4, 0.5) is 0 Å². The summed E-state index contributed by atoms with van der Waals surface area (Å²) in [4.78, 5) is 32.9. The SMILES string of the molecule is C[NH+](C)CCCN1C(=O)C(=O)C(=C(O)c2ccc3c(c2)OCO3)C1c1ccccn1. The summed E-state index contributed by atoms with van der Waals surface area (Å²) in [6.07, 6.45) is 2.34. The number of aromatic nitrogens is 1. The van der Waals surface area contributed by atoms with Gasteiger partial charge in [0.25, 0.3) is 11.7 Å². The molecule has 1 atom stereocenters. The number of rotatable bonds is 6. The average molecular weight is 410 g/mol. The van der Waals surface area contributed by atoms with Crippen LogP contribution < -0.4 is 14.4 Å². The second-order valence-electron chi connectivity index (χ2n) is 7.63. The van der Waals surface area contributed by atoms with E-state index in [0.29, 0.717) is 29.3 Å². The second kappa shape index (κ2) is 8.16. The first kappa shape index (κ1) is 19.9. The van der Waals surface area contributed by atoms with Gasteiger partial charge in [-0.2, -0.15) is 0 Å². The third-order valence-corrected chi connectivity index (χ3v) is 5.23. The van der Waals surface area contributed by atoms with E-state index in [1.54, 1.807) is 42.6 Å². The van der Waals surface area contributed by atoms with Crippen LogP contribution in [0.25, 0.3) is 5.76 Å². The number of hydrogen-bond acceptors (Lipinski definition) is 6. The Hall–Kier alpha value is -3.39. The molecule has 30 heavy (non-hydrogen) atoms. The highest BCUT2D eigenvalue weighted by Gasteiger charge is 2.46. The third kappa shape index (κ3) is 3.61. The summed E-state index contributed by atoms with van der Waals surface area (Å²) in [5, 5.41) is 11.1. The zero-order valence-electron chi connectivity index (χ0n) is 16.9. The van der Waals surface area contributed by atoms with Gasteiger partial charge in [-0.25, -0.2) is 0 Å². The number of quaternary nitrogens is 1. The summed E-state index contributed by atoms with van der Waals surface area (Å²) >= 11 is 0. The van der Waals surface area contributed by atoms with Crippen LogP contribution >= 0.6 is 0 Å². The number of benzene rings is 1. The number of aliphatic hydroxyl groups is 1. The van der Waals surface area contributed by atoms with Crippen molar-refractivity contribution in [3.05, 3.63) is 59.4 Å². The Balaban J connectivity index is 1.77. The molecule has 2 aliphatic heterocycles. The lowest BCUT2D eigenvalue weighted by molar-refractivity contribution is -0.858. The van der Waals surface area contributed by atoms with Crippen LogP contribution in [0.5, 0.6) is 11.5 Å². The molecule has 2 aliphatic rings. The fourth-order valence-corrected chi connectivity index (χ4v) is 3.76. The molecule has 2 aromatic rings. The minimum Gasteiger partial charge on any atom is -0.507 e. The van der Waals surface area contributed by atoms with Crippen molar-refractivity contribution in [1.29, 1.82) is 0 Å². The molecule has 1 amide bonds. The minimum atomic E-state index is -0.742. The molecule has 3 heterocycles. The van der Waals surface area contributed by atoms with E-state index >= 15 is 0 Å². The van der Waals surface area contributed by atoms with Crippen molar-refractivity contribution in [2.45, 2.75) is 12.5 Å². The topological polar surface area (TPSA) is 93.4 Å². The summed E-state index contributed by atoms with van der Waals surface area (Å²) in [5.41, 5.74) is 0.960. The maximum atomic E-state index is 12.9. The molecule has 0 saturated carbocycles. The molecule has 1 fully saturated rings. The van der Waals surface area contributed by atoms with Gasteiger partial charge in [0.2, 0.25) is 6.79 Å². The fraction of sp³-hybridized carbons (Fsp3) is 0.318. The van der Waals surface area contributed by atoms with E-state index in [1.165, 1.54) is 9.80 Å². The Labute approximate surface area is 174 Å². The first-order valence-electron chi connectivity index (χ1n) is 9.85. The first-order chi connectivity index (χ1) is 14.5. The van der Waals surface area contributed by atoms with E-state index < -0.39 is 17.7 Å². The highest BCUT2D eigenvalue weighted by molar-refractivity contribution is 6.46. The number of ketones is 1. The molecule has 8 heteroatoms. The maximum Gasteiger partial charge on any atom is 0.295 e. The van der Waals surface area contributed by atoms with Gasteiger partial charge in [-0.05, 0) is 30.3 Å². The number of carbonyl (C=O) groups excluding carboxylic acids is 2. The van der Waals surface area contributed by atoms with Crippen LogP contribution in [0.3, 0.4) is 0 Å². The van der Waals surface area contributed by atoms with E-state index in [1.807, 2.05) is 14.1 Å². The van der Waals surface area contributed by atoms with E-state index in [-0.39, 0.29) is 18.1 Å². The highest BCUT2D eigenvalue weighted by atomic mass is 16.7. The molecule has 1 unspecified atom stereocenters. The Kier molecular flexibility index (Phi) is 5.41. The van der Waals surface area contributed by atoms with E-state index in [9.17, 15) is 14.7 Å². The molecule has 1 saturated heterocycles. The van der Waals surface area contributed by atoms with E-state index in [0.717, 1.165) is 13.0 Å². The van der Waals surface area contributed by atoms with Crippen molar-refractivity contribution in [1.82, 2.24) is 9.88 Å². The number of hydrogen-bond donors (Lipinski definition) is 2. The second-order valence-corrected chi connectivity index (χ2v) is 7.63. The summed E-state index contributed by atoms with van der Waals surface area (Å²) in [6, 6.07) is 9.50. The van der Waals surface area contributed by atoms with E-state index in [2.05, 4.69) is 4.98 Å². The van der Waals surface area contributed by atoms with Gasteiger partial charge in [0.05, 0.1) is 31.9 Å². The van der Waals surface area contributed by atoms with Crippen LogP contribution in [-0.4, -0.2) is 60.7 Å². The molecule has 4 rings (SSSR count). The number of likely N-dealkylation sites (tertiary alicyclic amines) is 1. The van der Waals surface area contributed by atoms with Crippen molar-refractivity contribution in [3.8, 4) is 11.5 Å². The number of nitrogens with one attached hydrogen (secondary N) is 1. The van der Waals surface area contributed by atoms with Crippen LogP contribution in [0.15, 0.2) is 48.2 Å². The average Bonchev–Trinajstić information content (AvgIpc) is 3.31. The van der Waals surface area contributed by atoms with Crippen molar-refractivity contribution < 1.29 is 29.1 Å². The van der Waals surface area contributed by atoms with Gasteiger partial charge in [-0.15, -0.1) is 0 Å². The van der Waals surface area contributed by atoms with E-state index in [4.69, 9.17) is 9.47 Å². The van der Waals surface area contributed by atoms with Crippen LogP contribution in [-0.2, 0) is 9.59 Å². The molecule has 0 radical (unpaired) electrons. The predicted molar refractivity (Wildman–Crippen MR) is 108 cm³/mol. The zero-order chi connectivity index (χ0) is 21.3. The molecule has 1 aromatic heterocycles. The maximum absolute atomic E-state index is 12.9. The molecule has 0 spiro atoms. The quantitative estimate of drug-likeness (QED) is 0.415. The number of carbonyl (C=O) groups is 2. The third-order valence-electron chi connectivity index (χ3n) is 5.23. The first-order valence-corrected chi connectivity index (χ1v) is 9.85. The summed E-state index contributed by atoms with van der Waals surface area (Å²) in [6.45, 7) is 1.35. The molecular weight excluding hydrogens is 386 g/mol.